The number of rotatable bonds is 2. The van der Waals surface area contributed by atoms with Crippen LogP contribution in [0.4, 0.5) is 0 Å². The van der Waals surface area contributed by atoms with Gasteiger partial charge in [0.25, 0.3) is 0 Å². The molecule has 3 rings (SSSR count). The van der Waals surface area contributed by atoms with Crippen LogP contribution in [-0.2, 0) is 6.54 Å². The zero-order valence-electron chi connectivity index (χ0n) is 12.2. The largest absolute Gasteiger partial charge is 0.361 e. The van der Waals surface area contributed by atoms with Crippen molar-refractivity contribution < 1.29 is 4.52 Å². The molecule has 2 heterocycles. The highest BCUT2D eigenvalue weighted by Crippen LogP contribution is 2.31. The first-order valence-electron chi connectivity index (χ1n) is 7.58. The lowest BCUT2D eigenvalue weighted by Crippen LogP contribution is -2.60. The highest BCUT2D eigenvalue weighted by atomic mass is 16.5. The Bertz CT molecular complexity index is 410. The summed E-state index contributed by atoms with van der Waals surface area (Å²) >= 11 is 0. The van der Waals surface area contributed by atoms with Crippen LogP contribution in [0, 0.1) is 13.8 Å². The molecule has 1 aliphatic heterocycles. The first-order chi connectivity index (χ1) is 9.19. The molecule has 0 bridgehead atoms. The smallest absolute Gasteiger partial charge is 0.138 e. The molecule has 0 atom stereocenters. The summed E-state index contributed by atoms with van der Waals surface area (Å²) in [6.07, 6.45) is 6.85. The lowest BCUT2D eigenvalue weighted by molar-refractivity contribution is 0.0940. The van der Waals surface area contributed by atoms with E-state index in [0.717, 1.165) is 31.1 Å². The van der Waals surface area contributed by atoms with Crippen molar-refractivity contribution in [2.45, 2.75) is 58.0 Å². The summed E-state index contributed by atoms with van der Waals surface area (Å²) in [7, 11) is 0. The van der Waals surface area contributed by atoms with Gasteiger partial charge in [0.15, 0.2) is 0 Å². The topological polar surface area (TPSA) is 41.3 Å². The van der Waals surface area contributed by atoms with Gasteiger partial charge < -0.3 is 9.84 Å². The molecule has 4 nitrogen and oxygen atoms in total. The van der Waals surface area contributed by atoms with Crippen LogP contribution in [0.1, 0.15) is 49.1 Å². The molecule has 0 radical (unpaired) electrons. The Morgan fingerprint density at radius 1 is 1.26 bits per heavy atom. The summed E-state index contributed by atoms with van der Waals surface area (Å²) in [5.74, 6) is 0.980. The Morgan fingerprint density at radius 3 is 2.74 bits per heavy atom. The van der Waals surface area contributed by atoms with Crippen LogP contribution in [0.5, 0.6) is 0 Å². The summed E-state index contributed by atoms with van der Waals surface area (Å²) in [4.78, 5) is 2.58. The van der Waals surface area contributed by atoms with E-state index in [9.17, 15) is 0 Å². The van der Waals surface area contributed by atoms with E-state index in [4.69, 9.17) is 4.52 Å². The molecule has 0 aromatic carbocycles. The molecule has 1 aromatic heterocycles. The molecule has 1 spiro atoms. The van der Waals surface area contributed by atoms with Crippen molar-refractivity contribution in [1.29, 1.82) is 0 Å². The van der Waals surface area contributed by atoms with Crippen molar-refractivity contribution in [2.24, 2.45) is 0 Å². The Balaban J connectivity index is 1.68. The van der Waals surface area contributed by atoms with Gasteiger partial charge in [-0.3, -0.25) is 4.90 Å². The van der Waals surface area contributed by atoms with Gasteiger partial charge in [-0.15, -0.1) is 0 Å². The van der Waals surface area contributed by atoms with Crippen molar-refractivity contribution in [3.05, 3.63) is 17.0 Å². The normalized spacial score (nSPS) is 23.9. The fourth-order valence-corrected chi connectivity index (χ4v) is 3.69. The number of aromatic nitrogens is 1. The minimum absolute atomic E-state index is 0.384. The third-order valence-corrected chi connectivity index (χ3v) is 4.83. The molecule has 1 saturated carbocycles. The maximum absolute atomic E-state index is 5.28. The SMILES string of the molecule is Cc1noc(C)c1CN1CCNC2(CCCCC2)C1. The maximum Gasteiger partial charge on any atom is 0.138 e. The Hall–Kier alpha value is -0.870. The molecule has 4 heteroatoms. The molecule has 0 amide bonds. The van der Waals surface area contributed by atoms with E-state index in [2.05, 4.69) is 15.4 Å². The molecule has 1 N–H and O–H groups in total. The van der Waals surface area contributed by atoms with E-state index >= 15 is 0 Å². The van der Waals surface area contributed by atoms with Gasteiger partial charge >= 0.3 is 0 Å². The monoisotopic (exact) mass is 263 g/mol. The van der Waals surface area contributed by atoms with Gasteiger partial charge in [-0.2, -0.15) is 0 Å². The second kappa shape index (κ2) is 5.25. The molecule has 1 aliphatic carbocycles. The van der Waals surface area contributed by atoms with Gasteiger partial charge in [0.05, 0.1) is 5.69 Å². The number of aryl methyl sites for hydroxylation is 2. The molecule has 2 aliphatic rings. The minimum Gasteiger partial charge on any atom is -0.361 e. The summed E-state index contributed by atoms with van der Waals surface area (Å²) in [5, 5.41) is 7.86. The van der Waals surface area contributed by atoms with Crippen LogP contribution < -0.4 is 5.32 Å². The standard InChI is InChI=1S/C15H25N3O/c1-12-14(13(2)19-17-12)10-18-9-8-16-15(11-18)6-4-3-5-7-15/h16H,3-11H2,1-2H3. The number of hydrogen-bond donors (Lipinski definition) is 1. The van der Waals surface area contributed by atoms with Crippen LogP contribution in [0.25, 0.3) is 0 Å². The van der Waals surface area contributed by atoms with Gasteiger partial charge in [-0.1, -0.05) is 24.4 Å². The van der Waals surface area contributed by atoms with Crippen molar-refractivity contribution in [2.75, 3.05) is 19.6 Å². The summed E-state index contributed by atoms with van der Waals surface area (Å²) in [6, 6.07) is 0. The van der Waals surface area contributed by atoms with Crippen molar-refractivity contribution in [1.82, 2.24) is 15.4 Å². The Morgan fingerprint density at radius 2 is 2.05 bits per heavy atom. The summed E-state index contributed by atoms with van der Waals surface area (Å²) in [6.45, 7) is 8.48. The Labute approximate surface area is 115 Å². The highest BCUT2D eigenvalue weighted by Gasteiger charge is 2.36. The van der Waals surface area contributed by atoms with Crippen LogP contribution in [-0.4, -0.2) is 35.2 Å². The molecule has 19 heavy (non-hydrogen) atoms. The van der Waals surface area contributed by atoms with E-state index in [1.807, 2.05) is 13.8 Å². The van der Waals surface area contributed by atoms with Crippen LogP contribution in [0.2, 0.25) is 0 Å². The molecule has 1 aromatic rings. The quantitative estimate of drug-likeness (QED) is 0.889. The van der Waals surface area contributed by atoms with Gasteiger partial charge in [0.1, 0.15) is 5.76 Å². The minimum atomic E-state index is 0.384. The van der Waals surface area contributed by atoms with E-state index in [1.54, 1.807) is 0 Å². The third-order valence-electron chi connectivity index (χ3n) is 4.83. The average Bonchev–Trinajstić information content (AvgIpc) is 2.72. The zero-order valence-corrected chi connectivity index (χ0v) is 12.2. The van der Waals surface area contributed by atoms with Gasteiger partial charge in [-0.05, 0) is 26.7 Å². The number of nitrogens with one attached hydrogen (secondary N) is 1. The van der Waals surface area contributed by atoms with Crippen LogP contribution in [0.15, 0.2) is 4.52 Å². The van der Waals surface area contributed by atoms with Crippen molar-refractivity contribution in [3.8, 4) is 0 Å². The Kier molecular flexibility index (Phi) is 3.63. The summed E-state index contributed by atoms with van der Waals surface area (Å²) in [5.41, 5.74) is 2.72. The molecular weight excluding hydrogens is 238 g/mol. The lowest BCUT2D eigenvalue weighted by atomic mass is 9.80. The third kappa shape index (κ3) is 2.70. The molecular formula is C15H25N3O. The van der Waals surface area contributed by atoms with Crippen molar-refractivity contribution >= 4 is 0 Å². The zero-order chi connectivity index (χ0) is 13.3. The first-order valence-corrected chi connectivity index (χ1v) is 7.58. The second-order valence-corrected chi connectivity index (χ2v) is 6.28. The second-order valence-electron chi connectivity index (χ2n) is 6.28. The number of hydrogen-bond acceptors (Lipinski definition) is 4. The number of nitrogens with zero attached hydrogens (tertiary/aromatic N) is 2. The maximum atomic E-state index is 5.28. The summed E-state index contributed by atoms with van der Waals surface area (Å²) < 4.78 is 5.28. The lowest BCUT2D eigenvalue weighted by Gasteiger charge is -2.46. The van der Waals surface area contributed by atoms with E-state index < -0.39 is 0 Å². The molecule has 2 fully saturated rings. The first kappa shape index (κ1) is 13.1. The van der Waals surface area contributed by atoms with Crippen molar-refractivity contribution in [3.63, 3.8) is 0 Å². The number of piperazine rings is 1. The molecule has 0 unspecified atom stereocenters. The fraction of sp³-hybridized carbons (Fsp3) is 0.800. The van der Waals surface area contributed by atoms with Gasteiger partial charge in [-0.25, -0.2) is 0 Å². The van der Waals surface area contributed by atoms with Crippen LogP contribution in [0.3, 0.4) is 0 Å². The van der Waals surface area contributed by atoms with E-state index in [-0.39, 0.29) is 0 Å². The molecule has 106 valence electrons. The van der Waals surface area contributed by atoms with Gasteiger partial charge in [0, 0.05) is 37.3 Å². The molecule has 1 saturated heterocycles. The fourth-order valence-electron chi connectivity index (χ4n) is 3.69. The average molecular weight is 263 g/mol. The predicted molar refractivity (Wildman–Crippen MR) is 75.1 cm³/mol. The van der Waals surface area contributed by atoms with Crippen LogP contribution >= 0.6 is 0 Å². The van der Waals surface area contributed by atoms with E-state index in [1.165, 1.54) is 44.2 Å². The van der Waals surface area contributed by atoms with E-state index in [0.29, 0.717) is 5.54 Å². The highest BCUT2D eigenvalue weighted by molar-refractivity contribution is 5.20. The van der Waals surface area contributed by atoms with Gasteiger partial charge in [0.2, 0.25) is 0 Å². The predicted octanol–water partition coefficient (Wildman–Crippen LogP) is 2.40.